The summed E-state index contributed by atoms with van der Waals surface area (Å²) in [5, 5.41) is 8.91. The molecule has 0 aliphatic carbocycles. The van der Waals surface area contributed by atoms with Gasteiger partial charge in [0.05, 0.1) is 6.61 Å². The SMILES string of the molecule is C=CC[C@@]12N=C(c3ccc(OCCCO)cc3)O[C@@H]1c1ccccc1CN(CCC)C2=O. The van der Waals surface area contributed by atoms with Gasteiger partial charge in [-0.25, -0.2) is 4.99 Å². The standard InChI is InChI=1S/C26H30N2O4/c1-3-14-26-23(22-9-6-5-8-20(22)18-28(15-4-2)25(26)30)32-24(27-26)19-10-12-21(13-11-19)31-17-7-16-29/h3,5-6,8-13,23,29H,1,4,7,14-18H2,2H3/t23-,26-/m1/s1. The number of hydrogen-bond acceptors (Lipinski definition) is 5. The molecule has 1 amide bonds. The van der Waals surface area contributed by atoms with Crippen molar-refractivity contribution in [3.05, 3.63) is 77.9 Å². The summed E-state index contributed by atoms with van der Waals surface area (Å²) in [6, 6.07) is 15.6. The Morgan fingerprint density at radius 1 is 1.28 bits per heavy atom. The lowest BCUT2D eigenvalue weighted by atomic mass is 9.84. The van der Waals surface area contributed by atoms with Gasteiger partial charge in [0, 0.05) is 43.7 Å². The third-order valence-electron chi connectivity index (χ3n) is 5.94. The van der Waals surface area contributed by atoms with Crippen LogP contribution in [-0.2, 0) is 16.1 Å². The number of carbonyl (C=O) groups is 1. The highest BCUT2D eigenvalue weighted by atomic mass is 16.5. The highest BCUT2D eigenvalue weighted by Gasteiger charge is 2.55. The topological polar surface area (TPSA) is 71.4 Å². The van der Waals surface area contributed by atoms with Gasteiger partial charge in [-0.3, -0.25) is 4.79 Å². The summed E-state index contributed by atoms with van der Waals surface area (Å²) >= 11 is 0. The van der Waals surface area contributed by atoms with Crippen LogP contribution in [0.2, 0.25) is 0 Å². The molecule has 2 aliphatic rings. The number of nitrogens with zero attached hydrogens (tertiary/aromatic N) is 2. The fourth-order valence-corrected chi connectivity index (χ4v) is 4.43. The van der Waals surface area contributed by atoms with Gasteiger partial charge in [-0.05, 0) is 36.2 Å². The van der Waals surface area contributed by atoms with Gasteiger partial charge in [-0.15, -0.1) is 6.58 Å². The van der Waals surface area contributed by atoms with Crippen LogP contribution in [0.3, 0.4) is 0 Å². The Bertz CT molecular complexity index is 1000. The molecule has 6 heteroatoms. The van der Waals surface area contributed by atoms with E-state index in [-0.39, 0.29) is 12.5 Å². The third kappa shape index (κ3) is 4.02. The Balaban J connectivity index is 1.72. The van der Waals surface area contributed by atoms with Gasteiger partial charge in [0.2, 0.25) is 5.90 Å². The van der Waals surface area contributed by atoms with Crippen LogP contribution in [0.4, 0.5) is 0 Å². The summed E-state index contributed by atoms with van der Waals surface area (Å²) in [5.74, 6) is 1.16. The van der Waals surface area contributed by atoms with E-state index in [4.69, 9.17) is 19.6 Å². The van der Waals surface area contributed by atoms with Crippen LogP contribution in [-0.4, -0.2) is 47.1 Å². The van der Waals surface area contributed by atoms with E-state index in [1.54, 1.807) is 6.08 Å². The van der Waals surface area contributed by atoms with E-state index in [1.165, 1.54) is 0 Å². The molecule has 168 valence electrons. The van der Waals surface area contributed by atoms with Crippen LogP contribution in [0.15, 0.2) is 66.2 Å². The van der Waals surface area contributed by atoms with Crippen LogP contribution < -0.4 is 4.74 Å². The summed E-state index contributed by atoms with van der Waals surface area (Å²) in [5.41, 5.74) is 1.83. The molecule has 0 bridgehead atoms. The number of benzene rings is 2. The Hall–Kier alpha value is -3.12. The van der Waals surface area contributed by atoms with Crippen LogP contribution in [0.25, 0.3) is 0 Å². The van der Waals surface area contributed by atoms with Gasteiger partial charge in [0.25, 0.3) is 5.91 Å². The average molecular weight is 435 g/mol. The minimum Gasteiger partial charge on any atom is -0.494 e. The van der Waals surface area contributed by atoms with Crippen LogP contribution in [0.5, 0.6) is 5.75 Å². The fraction of sp³-hybridized carbons (Fsp3) is 0.385. The maximum atomic E-state index is 13.8. The summed E-state index contributed by atoms with van der Waals surface area (Å²) in [6.07, 6.45) is 3.12. The normalized spacial score (nSPS) is 21.8. The Morgan fingerprint density at radius 3 is 2.78 bits per heavy atom. The van der Waals surface area contributed by atoms with Gasteiger partial charge in [0.1, 0.15) is 5.75 Å². The predicted molar refractivity (Wildman–Crippen MR) is 124 cm³/mol. The van der Waals surface area contributed by atoms with Gasteiger partial charge in [-0.2, -0.15) is 0 Å². The second-order valence-electron chi connectivity index (χ2n) is 8.21. The summed E-state index contributed by atoms with van der Waals surface area (Å²) in [7, 11) is 0. The molecular weight excluding hydrogens is 404 g/mol. The Labute approximate surface area is 189 Å². The minimum atomic E-state index is -1.06. The van der Waals surface area contributed by atoms with Crippen molar-refractivity contribution in [2.75, 3.05) is 19.8 Å². The van der Waals surface area contributed by atoms with Crippen LogP contribution in [0, 0.1) is 0 Å². The zero-order valence-electron chi connectivity index (χ0n) is 18.5. The number of ether oxygens (including phenoxy) is 2. The molecule has 6 nitrogen and oxygen atoms in total. The molecule has 0 saturated carbocycles. The number of hydrogen-bond donors (Lipinski definition) is 1. The number of carbonyl (C=O) groups excluding carboxylic acids is 1. The first-order chi connectivity index (χ1) is 15.6. The third-order valence-corrected chi connectivity index (χ3v) is 5.94. The maximum Gasteiger partial charge on any atom is 0.255 e. The number of aliphatic hydroxyl groups excluding tert-OH is 1. The lowest BCUT2D eigenvalue weighted by Crippen LogP contribution is -2.48. The molecule has 0 spiro atoms. The second kappa shape index (κ2) is 9.57. The Kier molecular flexibility index (Phi) is 6.61. The van der Waals surface area contributed by atoms with E-state index in [1.807, 2.05) is 47.4 Å². The van der Waals surface area contributed by atoms with E-state index in [0.29, 0.717) is 44.2 Å². The molecule has 0 radical (unpaired) electrons. The molecule has 4 rings (SSSR count). The molecule has 2 aromatic carbocycles. The molecule has 2 aromatic rings. The molecule has 0 saturated heterocycles. The lowest BCUT2D eigenvalue weighted by Gasteiger charge is -2.31. The fourth-order valence-electron chi connectivity index (χ4n) is 4.43. The maximum absolute atomic E-state index is 13.8. The van der Waals surface area contributed by atoms with Gasteiger partial charge in [-0.1, -0.05) is 37.3 Å². The van der Waals surface area contributed by atoms with E-state index in [9.17, 15) is 4.79 Å². The molecule has 2 heterocycles. The van der Waals surface area contributed by atoms with Crippen molar-refractivity contribution >= 4 is 11.8 Å². The summed E-state index contributed by atoms with van der Waals surface area (Å²) < 4.78 is 12.1. The molecule has 0 aromatic heterocycles. The first kappa shape index (κ1) is 22.1. The number of rotatable bonds is 9. The van der Waals surface area contributed by atoms with Crippen molar-refractivity contribution in [2.45, 2.75) is 44.4 Å². The monoisotopic (exact) mass is 434 g/mol. The predicted octanol–water partition coefficient (Wildman–Crippen LogP) is 4.03. The number of amides is 1. The van der Waals surface area contributed by atoms with Crippen LogP contribution >= 0.6 is 0 Å². The number of aliphatic imine (C=N–C) groups is 1. The highest BCUT2D eigenvalue weighted by Crippen LogP contribution is 2.46. The highest BCUT2D eigenvalue weighted by molar-refractivity contribution is 6.01. The molecule has 0 unspecified atom stereocenters. The van der Waals surface area contributed by atoms with Gasteiger partial charge in [0.15, 0.2) is 11.6 Å². The van der Waals surface area contributed by atoms with E-state index >= 15 is 0 Å². The van der Waals surface area contributed by atoms with E-state index in [0.717, 1.165) is 23.1 Å². The molecular formula is C26H30N2O4. The average Bonchev–Trinajstić information content (AvgIpc) is 3.16. The van der Waals surface area contributed by atoms with Crippen molar-refractivity contribution in [2.24, 2.45) is 4.99 Å². The quantitative estimate of drug-likeness (QED) is 0.478. The molecule has 1 N–H and O–H groups in total. The first-order valence-electron chi connectivity index (χ1n) is 11.2. The minimum absolute atomic E-state index is 0.0144. The van der Waals surface area contributed by atoms with Crippen molar-refractivity contribution in [3.63, 3.8) is 0 Å². The van der Waals surface area contributed by atoms with Gasteiger partial charge >= 0.3 is 0 Å². The number of aliphatic hydroxyl groups is 1. The smallest absolute Gasteiger partial charge is 0.255 e. The summed E-state index contributed by atoms with van der Waals surface area (Å²) in [6.45, 7) is 7.78. The molecule has 32 heavy (non-hydrogen) atoms. The van der Waals surface area contributed by atoms with E-state index in [2.05, 4.69) is 19.6 Å². The van der Waals surface area contributed by atoms with Crippen molar-refractivity contribution in [3.8, 4) is 5.75 Å². The molecule has 2 aliphatic heterocycles. The summed E-state index contributed by atoms with van der Waals surface area (Å²) in [4.78, 5) is 20.7. The molecule has 2 atom stereocenters. The van der Waals surface area contributed by atoms with E-state index < -0.39 is 11.6 Å². The van der Waals surface area contributed by atoms with Crippen LogP contribution in [0.1, 0.15) is 49.0 Å². The zero-order valence-corrected chi connectivity index (χ0v) is 18.5. The lowest BCUT2D eigenvalue weighted by molar-refractivity contribution is -0.139. The first-order valence-corrected chi connectivity index (χ1v) is 11.2. The van der Waals surface area contributed by atoms with Crippen molar-refractivity contribution in [1.29, 1.82) is 0 Å². The number of fused-ring (bicyclic) bond motifs is 3. The van der Waals surface area contributed by atoms with Crippen molar-refractivity contribution < 1.29 is 19.4 Å². The largest absolute Gasteiger partial charge is 0.494 e. The Morgan fingerprint density at radius 2 is 2.06 bits per heavy atom. The van der Waals surface area contributed by atoms with Crippen molar-refractivity contribution in [1.82, 2.24) is 4.90 Å². The van der Waals surface area contributed by atoms with Gasteiger partial charge < -0.3 is 19.5 Å². The molecule has 0 fully saturated rings. The zero-order chi connectivity index (χ0) is 22.6. The second-order valence-corrected chi connectivity index (χ2v) is 8.21.